The number of rotatable bonds is 9. The van der Waals surface area contributed by atoms with E-state index in [0.717, 1.165) is 24.0 Å². The summed E-state index contributed by atoms with van der Waals surface area (Å²) in [5, 5.41) is 2.80. The van der Waals surface area contributed by atoms with Crippen LogP contribution in [0.1, 0.15) is 31.4 Å². The number of aromatic nitrogens is 1. The number of ether oxygens (including phenoxy) is 1. The molecule has 1 aromatic carbocycles. The van der Waals surface area contributed by atoms with Gasteiger partial charge in [-0.2, -0.15) is 0 Å². The Morgan fingerprint density at radius 2 is 1.73 bits per heavy atom. The van der Waals surface area contributed by atoms with Crippen molar-refractivity contribution in [2.45, 2.75) is 39.2 Å². The summed E-state index contributed by atoms with van der Waals surface area (Å²) in [7, 11) is 0. The van der Waals surface area contributed by atoms with Gasteiger partial charge in [0.25, 0.3) is 0 Å². The van der Waals surface area contributed by atoms with Crippen LogP contribution >= 0.6 is 0 Å². The average molecular weight is 354 g/mol. The molecule has 0 aliphatic rings. The maximum atomic E-state index is 12.3. The standard InChI is InChI=1S/C21H26N2O3/c1-16(2)20(23-19(24)15-18-7-4-3-5-8-18)21(25)26-14-6-9-17-10-12-22-13-11-17/h3-5,7-8,10-13,16,20H,6,9,14-15H2,1-2H3,(H,23,24)/t20-/m1/s1. The van der Waals surface area contributed by atoms with Gasteiger partial charge in [-0.25, -0.2) is 4.79 Å². The fraction of sp³-hybridized carbons (Fsp3) is 0.381. The molecule has 1 heterocycles. The van der Waals surface area contributed by atoms with Crippen LogP contribution in [-0.2, 0) is 27.2 Å². The first-order valence-electron chi connectivity index (χ1n) is 8.95. The van der Waals surface area contributed by atoms with E-state index in [4.69, 9.17) is 4.74 Å². The van der Waals surface area contributed by atoms with Gasteiger partial charge in [0, 0.05) is 12.4 Å². The Morgan fingerprint density at radius 1 is 1.04 bits per heavy atom. The molecule has 0 aliphatic carbocycles. The Kier molecular flexibility index (Phi) is 7.80. The number of esters is 1. The molecule has 0 aliphatic heterocycles. The number of benzene rings is 1. The van der Waals surface area contributed by atoms with E-state index in [2.05, 4.69) is 10.3 Å². The van der Waals surface area contributed by atoms with E-state index in [9.17, 15) is 9.59 Å². The lowest BCUT2D eigenvalue weighted by Gasteiger charge is -2.21. The maximum Gasteiger partial charge on any atom is 0.328 e. The number of hydrogen-bond donors (Lipinski definition) is 1. The Labute approximate surface area is 154 Å². The Bertz CT molecular complexity index is 687. The topological polar surface area (TPSA) is 68.3 Å². The van der Waals surface area contributed by atoms with Crippen LogP contribution in [0.3, 0.4) is 0 Å². The van der Waals surface area contributed by atoms with Gasteiger partial charge >= 0.3 is 5.97 Å². The maximum absolute atomic E-state index is 12.3. The van der Waals surface area contributed by atoms with Crippen LogP contribution in [0.25, 0.3) is 0 Å². The van der Waals surface area contributed by atoms with Crippen LogP contribution in [0.4, 0.5) is 0 Å². The molecule has 2 rings (SSSR count). The first-order valence-corrected chi connectivity index (χ1v) is 8.95. The Balaban J connectivity index is 1.78. The minimum Gasteiger partial charge on any atom is -0.464 e. The van der Waals surface area contributed by atoms with Gasteiger partial charge in [0.15, 0.2) is 0 Å². The molecule has 26 heavy (non-hydrogen) atoms. The summed E-state index contributed by atoms with van der Waals surface area (Å²) in [4.78, 5) is 28.5. The molecule has 1 N–H and O–H groups in total. The van der Waals surface area contributed by atoms with Crippen LogP contribution in [0.2, 0.25) is 0 Å². The van der Waals surface area contributed by atoms with Crippen molar-refractivity contribution in [1.82, 2.24) is 10.3 Å². The van der Waals surface area contributed by atoms with Crippen molar-refractivity contribution in [3.05, 3.63) is 66.0 Å². The molecule has 0 radical (unpaired) electrons. The minimum absolute atomic E-state index is 0.0394. The minimum atomic E-state index is -0.632. The summed E-state index contributed by atoms with van der Waals surface area (Å²) >= 11 is 0. The monoisotopic (exact) mass is 354 g/mol. The van der Waals surface area contributed by atoms with Gasteiger partial charge in [0.05, 0.1) is 13.0 Å². The Morgan fingerprint density at radius 3 is 2.38 bits per heavy atom. The summed E-state index contributed by atoms with van der Waals surface area (Å²) in [5.41, 5.74) is 2.07. The molecule has 1 atom stereocenters. The van der Waals surface area contributed by atoms with Gasteiger partial charge in [0.1, 0.15) is 6.04 Å². The highest BCUT2D eigenvalue weighted by atomic mass is 16.5. The van der Waals surface area contributed by atoms with Gasteiger partial charge in [-0.05, 0) is 42.0 Å². The number of nitrogens with one attached hydrogen (secondary N) is 1. The molecule has 138 valence electrons. The largest absolute Gasteiger partial charge is 0.464 e. The van der Waals surface area contributed by atoms with E-state index in [0.29, 0.717) is 6.61 Å². The van der Waals surface area contributed by atoms with Gasteiger partial charge < -0.3 is 10.1 Å². The van der Waals surface area contributed by atoms with Crippen molar-refractivity contribution in [2.24, 2.45) is 5.92 Å². The number of hydrogen-bond acceptors (Lipinski definition) is 4. The van der Waals surface area contributed by atoms with Crippen LogP contribution in [0.5, 0.6) is 0 Å². The number of carbonyl (C=O) groups excluding carboxylic acids is 2. The van der Waals surface area contributed by atoms with Gasteiger partial charge in [-0.1, -0.05) is 44.2 Å². The van der Waals surface area contributed by atoms with Gasteiger partial charge in [-0.15, -0.1) is 0 Å². The smallest absolute Gasteiger partial charge is 0.328 e. The third-order valence-corrected chi connectivity index (χ3v) is 4.05. The van der Waals surface area contributed by atoms with E-state index in [-0.39, 0.29) is 24.2 Å². The molecule has 5 heteroatoms. The second-order valence-electron chi connectivity index (χ2n) is 6.58. The highest BCUT2D eigenvalue weighted by Gasteiger charge is 2.25. The second-order valence-corrected chi connectivity index (χ2v) is 6.58. The van der Waals surface area contributed by atoms with Crippen molar-refractivity contribution in [2.75, 3.05) is 6.61 Å². The van der Waals surface area contributed by atoms with Crippen molar-refractivity contribution in [3.63, 3.8) is 0 Å². The predicted molar refractivity (Wildman–Crippen MR) is 100 cm³/mol. The fourth-order valence-corrected chi connectivity index (χ4v) is 2.59. The molecule has 0 fully saturated rings. The number of carbonyl (C=O) groups is 2. The SMILES string of the molecule is CC(C)[C@@H](NC(=O)Cc1ccccc1)C(=O)OCCCc1ccncc1. The zero-order chi connectivity index (χ0) is 18.8. The molecule has 0 unspecified atom stereocenters. The fourth-order valence-electron chi connectivity index (χ4n) is 2.59. The lowest BCUT2D eigenvalue weighted by Crippen LogP contribution is -2.46. The van der Waals surface area contributed by atoms with Crippen LogP contribution < -0.4 is 5.32 Å². The Hall–Kier alpha value is -2.69. The second kappa shape index (κ2) is 10.3. The predicted octanol–water partition coefficient (Wildman–Crippen LogP) is 2.94. The van der Waals surface area contributed by atoms with Gasteiger partial charge in [-0.3, -0.25) is 9.78 Å². The van der Waals surface area contributed by atoms with Crippen molar-refractivity contribution < 1.29 is 14.3 Å². The lowest BCUT2D eigenvalue weighted by atomic mass is 10.0. The summed E-state index contributed by atoms with van der Waals surface area (Å²) in [5.74, 6) is -0.595. The summed E-state index contributed by atoms with van der Waals surface area (Å²) in [6, 6.07) is 12.7. The van der Waals surface area contributed by atoms with Gasteiger partial charge in [0.2, 0.25) is 5.91 Å². The summed E-state index contributed by atoms with van der Waals surface area (Å²) in [6.07, 6.45) is 5.30. The molecule has 5 nitrogen and oxygen atoms in total. The number of aryl methyl sites for hydroxylation is 1. The number of nitrogens with zero attached hydrogens (tertiary/aromatic N) is 1. The summed E-state index contributed by atoms with van der Waals surface area (Å²) < 4.78 is 5.37. The van der Waals surface area contributed by atoms with Crippen molar-refractivity contribution >= 4 is 11.9 Å². The lowest BCUT2D eigenvalue weighted by molar-refractivity contribution is -0.149. The molecule has 0 spiro atoms. The van der Waals surface area contributed by atoms with Crippen molar-refractivity contribution in [1.29, 1.82) is 0 Å². The van der Waals surface area contributed by atoms with E-state index in [1.807, 2.05) is 56.3 Å². The third kappa shape index (κ3) is 6.67. The highest BCUT2D eigenvalue weighted by Crippen LogP contribution is 2.07. The molecule has 1 amide bonds. The van der Waals surface area contributed by atoms with Crippen molar-refractivity contribution in [3.8, 4) is 0 Å². The van der Waals surface area contributed by atoms with Crippen LogP contribution in [0, 0.1) is 5.92 Å². The molecule has 0 bridgehead atoms. The zero-order valence-corrected chi connectivity index (χ0v) is 15.4. The van der Waals surface area contributed by atoms with E-state index in [1.165, 1.54) is 0 Å². The normalized spacial score (nSPS) is 11.8. The molecule has 0 saturated carbocycles. The highest BCUT2D eigenvalue weighted by molar-refractivity contribution is 5.85. The first kappa shape index (κ1) is 19.6. The van der Waals surface area contributed by atoms with Crippen LogP contribution in [0.15, 0.2) is 54.9 Å². The third-order valence-electron chi connectivity index (χ3n) is 4.05. The molecule has 0 saturated heterocycles. The first-order chi connectivity index (χ1) is 12.6. The number of pyridine rings is 1. The van der Waals surface area contributed by atoms with Crippen LogP contribution in [-0.4, -0.2) is 29.5 Å². The average Bonchev–Trinajstić information content (AvgIpc) is 2.64. The van der Waals surface area contributed by atoms with E-state index in [1.54, 1.807) is 12.4 Å². The molecular weight excluding hydrogens is 328 g/mol. The zero-order valence-electron chi connectivity index (χ0n) is 15.4. The summed E-state index contributed by atoms with van der Waals surface area (Å²) in [6.45, 7) is 4.12. The molecule has 2 aromatic rings. The molecular formula is C21H26N2O3. The molecule has 1 aromatic heterocycles. The van der Waals surface area contributed by atoms with E-state index < -0.39 is 6.04 Å². The quantitative estimate of drug-likeness (QED) is 0.555. The van der Waals surface area contributed by atoms with E-state index >= 15 is 0 Å². The number of amides is 1.